The molecule has 6 nitrogen and oxygen atoms in total. The molecule has 2 aliphatic heterocycles. The topological polar surface area (TPSA) is 86.8 Å². The Morgan fingerprint density at radius 1 is 0.900 bits per heavy atom. The van der Waals surface area contributed by atoms with Crippen LogP contribution in [0, 0.1) is 0 Å². The molecule has 3 aromatic rings. The summed E-state index contributed by atoms with van der Waals surface area (Å²) >= 11 is 0. The van der Waals surface area contributed by atoms with Crippen molar-refractivity contribution in [2.75, 3.05) is 13.2 Å². The second-order valence-corrected chi connectivity index (χ2v) is 7.08. The summed E-state index contributed by atoms with van der Waals surface area (Å²) in [6.45, 7) is 1.08. The molecule has 1 amide bonds. The summed E-state index contributed by atoms with van der Waals surface area (Å²) in [5, 5.41) is 0. The number of hydrogen-bond acceptors (Lipinski definition) is 5. The number of hydrogen-bond donors (Lipinski definition) is 1. The van der Waals surface area contributed by atoms with Crippen LogP contribution in [0.4, 0.5) is 0 Å². The summed E-state index contributed by atoms with van der Waals surface area (Å²) in [6.07, 6.45) is 2.42. The number of allylic oxidation sites excluding steroid dienone is 1. The smallest absolute Gasteiger partial charge is 0.248 e. The van der Waals surface area contributed by atoms with Gasteiger partial charge in [-0.3, -0.25) is 14.8 Å². The Morgan fingerprint density at radius 3 is 2.40 bits per heavy atom. The van der Waals surface area contributed by atoms with E-state index >= 15 is 0 Å². The monoisotopic (exact) mass is 397 g/mol. The number of ether oxygens (including phenoxy) is 2. The Hall–Kier alpha value is -3.93. The fraction of sp³-hybridized carbons (Fsp3) is 0.125. The first-order chi connectivity index (χ1) is 14.7. The van der Waals surface area contributed by atoms with Gasteiger partial charge >= 0.3 is 0 Å². The molecule has 3 heterocycles. The maximum atomic E-state index is 11.4. The molecule has 0 atom stereocenters. The first-order valence-corrected chi connectivity index (χ1v) is 9.71. The van der Waals surface area contributed by atoms with Crippen LogP contribution in [0.25, 0.3) is 11.3 Å². The summed E-state index contributed by atoms with van der Waals surface area (Å²) in [4.78, 5) is 20.9. The lowest BCUT2D eigenvalue weighted by Gasteiger charge is -2.19. The molecule has 148 valence electrons. The number of primary amides is 1. The lowest BCUT2D eigenvalue weighted by Crippen LogP contribution is -2.15. The third kappa shape index (κ3) is 3.33. The summed E-state index contributed by atoms with van der Waals surface area (Å²) in [5.41, 5.74) is 11.4. The molecule has 0 aliphatic carbocycles. The quantitative estimate of drug-likeness (QED) is 0.727. The first-order valence-electron chi connectivity index (χ1n) is 9.71. The van der Waals surface area contributed by atoms with E-state index < -0.39 is 5.91 Å². The van der Waals surface area contributed by atoms with Crippen molar-refractivity contribution >= 4 is 22.9 Å². The lowest BCUT2D eigenvalue weighted by molar-refractivity contribution is 0.100. The van der Waals surface area contributed by atoms with Crippen LogP contribution in [0.3, 0.4) is 0 Å². The van der Waals surface area contributed by atoms with Crippen molar-refractivity contribution in [2.45, 2.75) is 6.42 Å². The van der Waals surface area contributed by atoms with Crippen LogP contribution in [0.5, 0.6) is 11.5 Å². The van der Waals surface area contributed by atoms with Gasteiger partial charge in [0.2, 0.25) is 5.91 Å². The molecule has 0 saturated heterocycles. The summed E-state index contributed by atoms with van der Waals surface area (Å²) < 4.78 is 11.4. The number of aromatic nitrogens is 1. The van der Waals surface area contributed by atoms with Gasteiger partial charge < -0.3 is 15.2 Å². The number of fused-ring (bicyclic) bond motifs is 1. The van der Waals surface area contributed by atoms with Crippen LogP contribution in [0.1, 0.15) is 33.6 Å². The molecule has 30 heavy (non-hydrogen) atoms. The molecule has 2 aromatic carbocycles. The van der Waals surface area contributed by atoms with Gasteiger partial charge in [-0.15, -0.1) is 0 Å². The third-order valence-electron chi connectivity index (χ3n) is 5.17. The molecule has 1 aromatic heterocycles. The molecule has 2 aliphatic rings. The Kier molecular flexibility index (Phi) is 4.52. The maximum Gasteiger partial charge on any atom is 0.248 e. The molecule has 2 N–H and O–H groups in total. The number of nitrogens with zero attached hydrogens (tertiary/aromatic N) is 2. The number of carbonyl (C=O) groups excluding carboxylic acids is 1. The number of nitrogens with two attached hydrogens (primary N) is 1. The fourth-order valence-corrected chi connectivity index (χ4v) is 3.67. The predicted molar refractivity (Wildman–Crippen MR) is 115 cm³/mol. The SMILES string of the molecule is NC(=O)c1ccc(C2=NC(c3ccc4c(c3)OCCO4)=C(c3ccccn3)C2)cc1. The van der Waals surface area contributed by atoms with Crippen LogP contribution in [-0.2, 0) is 0 Å². The summed E-state index contributed by atoms with van der Waals surface area (Å²) in [6, 6.07) is 18.9. The molecule has 0 radical (unpaired) electrons. The number of benzene rings is 2. The van der Waals surface area contributed by atoms with E-state index in [2.05, 4.69) is 4.98 Å². The molecule has 0 saturated carbocycles. The molecule has 0 spiro atoms. The van der Waals surface area contributed by atoms with E-state index in [1.54, 1.807) is 18.3 Å². The van der Waals surface area contributed by atoms with Crippen molar-refractivity contribution in [3.05, 3.63) is 89.2 Å². The van der Waals surface area contributed by atoms with E-state index in [0.717, 1.165) is 45.3 Å². The Labute approximate surface area is 173 Å². The number of rotatable bonds is 4. The highest BCUT2D eigenvalue weighted by Gasteiger charge is 2.24. The average molecular weight is 397 g/mol. The van der Waals surface area contributed by atoms with Crippen LogP contribution >= 0.6 is 0 Å². The van der Waals surface area contributed by atoms with Crippen molar-refractivity contribution in [1.82, 2.24) is 4.98 Å². The minimum absolute atomic E-state index is 0.445. The Balaban J connectivity index is 1.57. The largest absolute Gasteiger partial charge is 0.486 e. The van der Waals surface area contributed by atoms with Gasteiger partial charge in [-0.2, -0.15) is 0 Å². The normalized spacial score (nSPS) is 15.1. The van der Waals surface area contributed by atoms with Crippen LogP contribution in [0.15, 0.2) is 71.9 Å². The van der Waals surface area contributed by atoms with E-state index in [0.29, 0.717) is 25.2 Å². The second kappa shape index (κ2) is 7.48. The number of carbonyl (C=O) groups is 1. The van der Waals surface area contributed by atoms with Gasteiger partial charge in [-0.25, -0.2) is 0 Å². The fourth-order valence-electron chi connectivity index (χ4n) is 3.67. The molecule has 0 unspecified atom stereocenters. The molecule has 5 rings (SSSR count). The molecular weight excluding hydrogens is 378 g/mol. The summed E-state index contributed by atoms with van der Waals surface area (Å²) in [5.74, 6) is 1.02. The van der Waals surface area contributed by atoms with Crippen molar-refractivity contribution in [2.24, 2.45) is 10.7 Å². The molecular formula is C24H19N3O3. The highest BCUT2D eigenvalue weighted by atomic mass is 16.6. The highest BCUT2D eigenvalue weighted by molar-refractivity contribution is 6.16. The van der Waals surface area contributed by atoms with E-state index in [4.69, 9.17) is 20.2 Å². The van der Waals surface area contributed by atoms with Gasteiger partial charge in [-0.1, -0.05) is 18.2 Å². The minimum atomic E-state index is -0.445. The molecule has 0 fully saturated rings. The highest BCUT2D eigenvalue weighted by Crippen LogP contribution is 2.40. The Morgan fingerprint density at radius 2 is 1.67 bits per heavy atom. The van der Waals surface area contributed by atoms with Gasteiger partial charge in [0.25, 0.3) is 0 Å². The van der Waals surface area contributed by atoms with Gasteiger partial charge in [-0.05, 0) is 48.0 Å². The van der Waals surface area contributed by atoms with Gasteiger partial charge in [0.15, 0.2) is 11.5 Å². The van der Waals surface area contributed by atoms with E-state index in [-0.39, 0.29) is 0 Å². The molecule has 6 heteroatoms. The standard InChI is InChI=1S/C24H19N3O3/c25-24(28)16-6-4-15(5-7-16)20-14-18(19-3-1-2-10-26-19)23(27-20)17-8-9-21-22(13-17)30-12-11-29-21/h1-10,13H,11-12,14H2,(H2,25,28). The van der Waals surface area contributed by atoms with Crippen molar-refractivity contribution in [3.63, 3.8) is 0 Å². The third-order valence-corrected chi connectivity index (χ3v) is 5.17. The van der Waals surface area contributed by atoms with Crippen molar-refractivity contribution in [3.8, 4) is 11.5 Å². The Bertz CT molecular complexity index is 1180. The van der Waals surface area contributed by atoms with Crippen LogP contribution in [0.2, 0.25) is 0 Å². The van der Waals surface area contributed by atoms with E-state index in [1.807, 2.05) is 48.5 Å². The van der Waals surface area contributed by atoms with Crippen LogP contribution in [-0.4, -0.2) is 29.8 Å². The van der Waals surface area contributed by atoms with Gasteiger partial charge in [0, 0.05) is 29.3 Å². The zero-order valence-electron chi connectivity index (χ0n) is 16.2. The van der Waals surface area contributed by atoms with Gasteiger partial charge in [0.05, 0.1) is 17.1 Å². The first kappa shape index (κ1) is 18.1. The lowest BCUT2D eigenvalue weighted by atomic mass is 9.98. The predicted octanol–water partition coefficient (Wildman–Crippen LogP) is 3.71. The van der Waals surface area contributed by atoms with Crippen LogP contribution < -0.4 is 15.2 Å². The van der Waals surface area contributed by atoms with E-state index in [9.17, 15) is 4.79 Å². The zero-order chi connectivity index (χ0) is 20.5. The second-order valence-electron chi connectivity index (χ2n) is 7.08. The number of amides is 1. The van der Waals surface area contributed by atoms with Gasteiger partial charge in [0.1, 0.15) is 13.2 Å². The summed E-state index contributed by atoms with van der Waals surface area (Å²) in [7, 11) is 0. The van der Waals surface area contributed by atoms with E-state index in [1.165, 1.54) is 0 Å². The number of aliphatic imine (C=N–C) groups is 1. The minimum Gasteiger partial charge on any atom is -0.486 e. The maximum absolute atomic E-state index is 11.4. The number of pyridine rings is 1. The van der Waals surface area contributed by atoms with Crippen molar-refractivity contribution in [1.29, 1.82) is 0 Å². The average Bonchev–Trinajstić information content (AvgIpc) is 3.25. The zero-order valence-corrected chi connectivity index (χ0v) is 16.2. The van der Waals surface area contributed by atoms with Crippen molar-refractivity contribution < 1.29 is 14.3 Å². The molecule has 0 bridgehead atoms.